The van der Waals surface area contributed by atoms with Gasteiger partial charge in [-0.2, -0.15) is 0 Å². The molecule has 0 spiro atoms. The fraction of sp³-hybridized carbons (Fsp3) is 0.545. The SMILES string of the molecule is CC(C)[C@H](C(=O)OCC(=O)Nc1ccccc1)N1C(=O)[C@H]2[C@H]3CC[C@@H](C3)[C@@H]2C1=O. The van der Waals surface area contributed by atoms with Gasteiger partial charge in [0.25, 0.3) is 5.91 Å². The number of anilines is 1. The van der Waals surface area contributed by atoms with E-state index < -0.39 is 24.5 Å². The van der Waals surface area contributed by atoms with E-state index in [1.165, 1.54) is 0 Å². The van der Waals surface area contributed by atoms with E-state index in [0.717, 1.165) is 24.2 Å². The highest BCUT2D eigenvalue weighted by Crippen LogP contribution is 2.56. The standard InChI is InChI=1S/C22H26N2O5/c1-12(2)19(22(28)29-11-16(25)23-15-6-4-3-5-7-15)24-20(26)17-13-8-9-14(10-13)18(17)21(24)27/h3-7,12-14,17-19H,8-11H2,1-2H3,(H,23,25)/t13-,14-,17-,18-,19+/m0/s1. The molecule has 2 bridgehead atoms. The summed E-state index contributed by atoms with van der Waals surface area (Å²) in [7, 11) is 0. The normalized spacial score (nSPS) is 28.6. The van der Waals surface area contributed by atoms with Crippen molar-refractivity contribution < 1.29 is 23.9 Å². The lowest BCUT2D eigenvalue weighted by atomic mass is 9.81. The lowest BCUT2D eigenvalue weighted by molar-refractivity contribution is -0.162. The van der Waals surface area contributed by atoms with Crippen molar-refractivity contribution in [1.29, 1.82) is 0 Å². The van der Waals surface area contributed by atoms with Crippen LogP contribution in [0, 0.1) is 29.6 Å². The Labute approximate surface area is 169 Å². The van der Waals surface area contributed by atoms with Crippen LogP contribution in [0.5, 0.6) is 0 Å². The highest BCUT2D eigenvalue weighted by atomic mass is 16.5. The minimum atomic E-state index is -0.996. The number of likely N-dealkylation sites (tertiary alicyclic amines) is 1. The molecule has 0 unspecified atom stereocenters. The Morgan fingerprint density at radius 3 is 2.21 bits per heavy atom. The molecule has 1 aliphatic heterocycles. The number of imide groups is 1. The second-order valence-corrected chi connectivity index (χ2v) is 8.64. The number of ether oxygens (including phenoxy) is 1. The Morgan fingerprint density at radius 1 is 1.07 bits per heavy atom. The van der Waals surface area contributed by atoms with Gasteiger partial charge in [0, 0.05) is 5.69 Å². The zero-order valence-corrected chi connectivity index (χ0v) is 16.7. The van der Waals surface area contributed by atoms with Crippen molar-refractivity contribution in [2.24, 2.45) is 29.6 Å². The molecular weight excluding hydrogens is 372 g/mol. The van der Waals surface area contributed by atoms with Crippen LogP contribution < -0.4 is 5.32 Å². The molecule has 7 heteroatoms. The molecule has 1 aromatic carbocycles. The van der Waals surface area contributed by atoms with Crippen LogP contribution in [0.2, 0.25) is 0 Å². The number of para-hydroxylation sites is 1. The van der Waals surface area contributed by atoms with Gasteiger partial charge in [-0.1, -0.05) is 32.0 Å². The van der Waals surface area contributed by atoms with Crippen molar-refractivity contribution in [1.82, 2.24) is 4.90 Å². The largest absolute Gasteiger partial charge is 0.454 e. The molecule has 1 saturated heterocycles. The Balaban J connectivity index is 1.42. The second kappa shape index (κ2) is 7.61. The van der Waals surface area contributed by atoms with E-state index in [9.17, 15) is 19.2 Å². The number of nitrogens with one attached hydrogen (secondary N) is 1. The smallest absolute Gasteiger partial charge is 0.330 e. The quantitative estimate of drug-likeness (QED) is 0.586. The Hall–Kier alpha value is -2.70. The summed E-state index contributed by atoms with van der Waals surface area (Å²) in [5, 5.41) is 2.64. The predicted octanol–water partition coefficient (Wildman–Crippen LogP) is 2.22. The summed E-state index contributed by atoms with van der Waals surface area (Å²) < 4.78 is 5.20. The summed E-state index contributed by atoms with van der Waals surface area (Å²) in [5.74, 6) is -2.01. The van der Waals surface area contributed by atoms with Crippen LogP contribution in [0.3, 0.4) is 0 Å². The van der Waals surface area contributed by atoms with Crippen molar-refractivity contribution in [3.8, 4) is 0 Å². The number of carbonyl (C=O) groups is 4. The first-order chi connectivity index (χ1) is 13.9. The van der Waals surface area contributed by atoms with Gasteiger partial charge >= 0.3 is 5.97 Å². The third-order valence-electron chi connectivity index (χ3n) is 6.52. The first kappa shape index (κ1) is 19.6. The molecule has 3 amide bonds. The van der Waals surface area contributed by atoms with Crippen LogP contribution in [0.25, 0.3) is 0 Å². The van der Waals surface area contributed by atoms with Gasteiger partial charge in [-0.3, -0.25) is 19.3 Å². The molecule has 1 N–H and O–H groups in total. The van der Waals surface area contributed by atoms with Crippen LogP contribution in [-0.4, -0.2) is 41.2 Å². The number of nitrogens with zero attached hydrogens (tertiary/aromatic N) is 1. The van der Waals surface area contributed by atoms with Crippen LogP contribution in [0.15, 0.2) is 30.3 Å². The van der Waals surface area contributed by atoms with Crippen LogP contribution in [-0.2, 0) is 23.9 Å². The molecule has 3 fully saturated rings. The summed E-state index contributed by atoms with van der Waals surface area (Å²) >= 11 is 0. The number of hydrogen-bond acceptors (Lipinski definition) is 5. The fourth-order valence-electron chi connectivity index (χ4n) is 5.32. The maximum Gasteiger partial charge on any atom is 0.330 e. The van der Waals surface area contributed by atoms with E-state index >= 15 is 0 Å². The second-order valence-electron chi connectivity index (χ2n) is 8.64. The van der Waals surface area contributed by atoms with Crippen molar-refractivity contribution in [2.75, 3.05) is 11.9 Å². The van der Waals surface area contributed by atoms with Crippen LogP contribution in [0.1, 0.15) is 33.1 Å². The summed E-state index contributed by atoms with van der Waals surface area (Å²) in [5.41, 5.74) is 0.599. The fourth-order valence-corrected chi connectivity index (χ4v) is 5.32. The van der Waals surface area contributed by atoms with Gasteiger partial charge < -0.3 is 10.1 Å². The Morgan fingerprint density at radius 2 is 1.66 bits per heavy atom. The van der Waals surface area contributed by atoms with Crippen LogP contribution in [0.4, 0.5) is 5.69 Å². The maximum atomic E-state index is 13.0. The number of carbonyl (C=O) groups excluding carboxylic acids is 4. The minimum Gasteiger partial charge on any atom is -0.454 e. The Bertz CT molecular complexity index is 809. The molecule has 3 aliphatic rings. The van der Waals surface area contributed by atoms with Gasteiger partial charge in [0.05, 0.1) is 11.8 Å². The lowest BCUT2D eigenvalue weighted by Crippen LogP contribution is -2.50. The molecule has 2 saturated carbocycles. The maximum absolute atomic E-state index is 13.0. The van der Waals surface area contributed by atoms with E-state index in [-0.39, 0.29) is 41.4 Å². The van der Waals surface area contributed by atoms with Gasteiger partial charge in [0.1, 0.15) is 6.04 Å². The van der Waals surface area contributed by atoms with E-state index in [2.05, 4.69) is 5.32 Å². The number of benzene rings is 1. The van der Waals surface area contributed by atoms with Crippen LogP contribution >= 0.6 is 0 Å². The number of fused-ring (bicyclic) bond motifs is 5. The molecule has 1 heterocycles. The molecule has 154 valence electrons. The predicted molar refractivity (Wildman–Crippen MR) is 104 cm³/mol. The zero-order valence-electron chi connectivity index (χ0n) is 16.7. The van der Waals surface area contributed by atoms with Crippen molar-refractivity contribution in [2.45, 2.75) is 39.2 Å². The van der Waals surface area contributed by atoms with Gasteiger partial charge in [-0.05, 0) is 49.1 Å². The monoisotopic (exact) mass is 398 g/mol. The molecule has 1 aromatic rings. The van der Waals surface area contributed by atoms with Gasteiger partial charge in [-0.25, -0.2) is 4.79 Å². The molecular formula is C22H26N2O5. The molecule has 0 aromatic heterocycles. The lowest BCUT2D eigenvalue weighted by Gasteiger charge is -2.28. The summed E-state index contributed by atoms with van der Waals surface area (Å²) in [6.45, 7) is 3.09. The van der Waals surface area contributed by atoms with Gasteiger partial charge in [0.15, 0.2) is 6.61 Å². The van der Waals surface area contributed by atoms with Gasteiger partial charge in [0.2, 0.25) is 11.8 Å². The number of esters is 1. The minimum absolute atomic E-state index is 0.239. The summed E-state index contributed by atoms with van der Waals surface area (Å²) in [4.78, 5) is 52.1. The third-order valence-corrected chi connectivity index (χ3v) is 6.52. The van der Waals surface area contributed by atoms with Crippen molar-refractivity contribution >= 4 is 29.4 Å². The number of amides is 3. The molecule has 2 aliphatic carbocycles. The first-order valence-electron chi connectivity index (χ1n) is 10.3. The average Bonchev–Trinajstić information content (AvgIpc) is 3.37. The topological polar surface area (TPSA) is 92.8 Å². The van der Waals surface area contributed by atoms with E-state index in [1.807, 2.05) is 6.07 Å². The van der Waals surface area contributed by atoms with E-state index in [4.69, 9.17) is 4.74 Å². The highest BCUT2D eigenvalue weighted by molar-refractivity contribution is 6.08. The number of rotatable bonds is 6. The van der Waals surface area contributed by atoms with E-state index in [0.29, 0.717) is 5.69 Å². The first-order valence-corrected chi connectivity index (χ1v) is 10.3. The van der Waals surface area contributed by atoms with E-state index in [1.54, 1.807) is 38.1 Å². The molecule has 0 radical (unpaired) electrons. The Kier molecular flexibility index (Phi) is 5.15. The summed E-state index contributed by atoms with van der Waals surface area (Å²) in [6, 6.07) is 7.85. The number of hydrogen-bond donors (Lipinski definition) is 1. The highest BCUT2D eigenvalue weighted by Gasteiger charge is 2.62. The van der Waals surface area contributed by atoms with Gasteiger partial charge in [-0.15, -0.1) is 0 Å². The molecule has 29 heavy (non-hydrogen) atoms. The molecule has 5 atom stereocenters. The molecule has 7 nitrogen and oxygen atoms in total. The summed E-state index contributed by atoms with van der Waals surface area (Å²) in [6.07, 6.45) is 2.90. The molecule has 4 rings (SSSR count). The third kappa shape index (κ3) is 3.43. The zero-order chi connectivity index (χ0) is 20.7. The average molecular weight is 398 g/mol. The van der Waals surface area contributed by atoms with Crippen molar-refractivity contribution in [3.05, 3.63) is 30.3 Å². The van der Waals surface area contributed by atoms with Crippen molar-refractivity contribution in [3.63, 3.8) is 0 Å².